The zero-order valence-corrected chi connectivity index (χ0v) is 12.1. The minimum absolute atomic E-state index is 0.0684. The Morgan fingerprint density at radius 2 is 2.11 bits per heavy atom. The fourth-order valence-corrected chi connectivity index (χ4v) is 3.23. The third-order valence-corrected chi connectivity index (χ3v) is 4.39. The van der Waals surface area contributed by atoms with Crippen LogP contribution >= 0.6 is 0 Å². The van der Waals surface area contributed by atoms with Gasteiger partial charge in [-0.3, -0.25) is 0 Å². The Kier molecular flexibility index (Phi) is 5.26. The molecule has 19 heavy (non-hydrogen) atoms. The van der Waals surface area contributed by atoms with E-state index < -0.39 is 0 Å². The summed E-state index contributed by atoms with van der Waals surface area (Å²) in [5.41, 5.74) is 6.62. The summed E-state index contributed by atoms with van der Waals surface area (Å²) in [7, 11) is 0. The molecule has 0 radical (unpaired) electrons. The van der Waals surface area contributed by atoms with E-state index in [1.807, 2.05) is 30.3 Å². The number of ether oxygens (including phenoxy) is 1. The van der Waals surface area contributed by atoms with Gasteiger partial charge in [-0.25, -0.2) is 0 Å². The summed E-state index contributed by atoms with van der Waals surface area (Å²) >= 11 is 0. The van der Waals surface area contributed by atoms with Crippen LogP contribution in [-0.2, 0) is 0 Å². The van der Waals surface area contributed by atoms with Gasteiger partial charge in [-0.15, -0.1) is 0 Å². The van der Waals surface area contributed by atoms with Crippen LogP contribution in [0.15, 0.2) is 30.3 Å². The second-order valence-corrected chi connectivity index (χ2v) is 6.00. The van der Waals surface area contributed by atoms with Crippen LogP contribution in [0.5, 0.6) is 5.75 Å². The molecule has 2 unspecified atom stereocenters. The molecule has 0 saturated heterocycles. The largest absolute Gasteiger partial charge is 0.494 e. The molecule has 0 heterocycles. The summed E-state index contributed by atoms with van der Waals surface area (Å²) in [6.45, 7) is 3.06. The van der Waals surface area contributed by atoms with Gasteiger partial charge < -0.3 is 10.5 Å². The lowest BCUT2D eigenvalue weighted by atomic mass is 9.73. The zero-order chi connectivity index (χ0) is 13.6. The summed E-state index contributed by atoms with van der Waals surface area (Å²) < 4.78 is 5.74. The van der Waals surface area contributed by atoms with Crippen molar-refractivity contribution in [3.05, 3.63) is 30.3 Å². The molecular formula is C17H27NO. The van der Waals surface area contributed by atoms with E-state index in [2.05, 4.69) is 6.92 Å². The normalized spacial score (nSPS) is 27.2. The Labute approximate surface area is 117 Å². The smallest absolute Gasteiger partial charge is 0.119 e. The molecule has 2 heteroatoms. The van der Waals surface area contributed by atoms with E-state index in [0.29, 0.717) is 0 Å². The average Bonchev–Trinajstić information content (AvgIpc) is 2.45. The molecule has 0 aliphatic heterocycles. The minimum atomic E-state index is 0.0684. The molecule has 1 aliphatic rings. The first-order valence-electron chi connectivity index (χ1n) is 7.68. The van der Waals surface area contributed by atoms with Crippen molar-refractivity contribution in [1.29, 1.82) is 0 Å². The summed E-state index contributed by atoms with van der Waals surface area (Å²) in [4.78, 5) is 0. The highest BCUT2D eigenvalue weighted by molar-refractivity contribution is 5.20. The maximum Gasteiger partial charge on any atom is 0.119 e. The monoisotopic (exact) mass is 261 g/mol. The van der Waals surface area contributed by atoms with Gasteiger partial charge in [0.25, 0.3) is 0 Å². The van der Waals surface area contributed by atoms with E-state index in [1.54, 1.807) is 0 Å². The van der Waals surface area contributed by atoms with Crippen molar-refractivity contribution >= 4 is 0 Å². The fourth-order valence-electron chi connectivity index (χ4n) is 3.23. The van der Waals surface area contributed by atoms with Crippen LogP contribution < -0.4 is 10.5 Å². The van der Waals surface area contributed by atoms with Crippen LogP contribution in [0, 0.1) is 5.92 Å². The molecule has 106 valence electrons. The van der Waals surface area contributed by atoms with E-state index in [4.69, 9.17) is 10.5 Å². The summed E-state index contributed by atoms with van der Waals surface area (Å²) in [6.07, 6.45) is 8.49. The Morgan fingerprint density at radius 3 is 2.84 bits per heavy atom. The molecule has 1 saturated carbocycles. The first-order valence-corrected chi connectivity index (χ1v) is 7.68. The molecule has 1 aliphatic carbocycles. The standard InChI is InChI=1S/C17H27NO/c1-2-15-8-6-11-17(18,14-15)12-7-13-19-16-9-4-3-5-10-16/h3-5,9-10,15H,2,6-8,11-14,18H2,1H3. The molecule has 1 aromatic rings. The Hall–Kier alpha value is -1.02. The summed E-state index contributed by atoms with van der Waals surface area (Å²) in [6, 6.07) is 10.0. The maximum absolute atomic E-state index is 6.55. The van der Waals surface area contributed by atoms with Gasteiger partial charge in [0, 0.05) is 5.54 Å². The molecule has 0 amide bonds. The lowest BCUT2D eigenvalue weighted by Crippen LogP contribution is -2.44. The molecule has 2 nitrogen and oxygen atoms in total. The third-order valence-electron chi connectivity index (χ3n) is 4.39. The summed E-state index contributed by atoms with van der Waals surface area (Å²) in [5, 5.41) is 0. The molecule has 0 bridgehead atoms. The van der Waals surface area contributed by atoms with Gasteiger partial charge in [0.2, 0.25) is 0 Å². The Balaban J connectivity index is 1.70. The zero-order valence-electron chi connectivity index (χ0n) is 12.1. The molecule has 2 atom stereocenters. The SMILES string of the molecule is CCC1CCCC(N)(CCCOc2ccccc2)C1. The Bertz CT molecular complexity index is 365. The van der Waals surface area contributed by atoms with Crippen molar-refractivity contribution in [1.82, 2.24) is 0 Å². The van der Waals surface area contributed by atoms with Gasteiger partial charge in [0.05, 0.1) is 6.61 Å². The number of benzene rings is 1. The first-order chi connectivity index (χ1) is 9.22. The lowest BCUT2D eigenvalue weighted by Gasteiger charge is -2.38. The van der Waals surface area contributed by atoms with Crippen molar-refractivity contribution in [2.75, 3.05) is 6.61 Å². The number of hydrogen-bond acceptors (Lipinski definition) is 2. The molecular weight excluding hydrogens is 234 g/mol. The van der Waals surface area contributed by atoms with E-state index >= 15 is 0 Å². The van der Waals surface area contributed by atoms with Gasteiger partial charge in [0.15, 0.2) is 0 Å². The highest BCUT2D eigenvalue weighted by Gasteiger charge is 2.31. The molecule has 2 rings (SSSR count). The van der Waals surface area contributed by atoms with Crippen LogP contribution in [0.4, 0.5) is 0 Å². The van der Waals surface area contributed by atoms with Crippen molar-refractivity contribution in [2.24, 2.45) is 11.7 Å². The van der Waals surface area contributed by atoms with Crippen LogP contribution in [0.2, 0.25) is 0 Å². The van der Waals surface area contributed by atoms with Gasteiger partial charge in [-0.05, 0) is 43.7 Å². The van der Waals surface area contributed by atoms with Crippen molar-refractivity contribution in [3.63, 3.8) is 0 Å². The van der Waals surface area contributed by atoms with Crippen LogP contribution in [0.1, 0.15) is 51.9 Å². The number of rotatable bonds is 6. The van der Waals surface area contributed by atoms with E-state index in [0.717, 1.165) is 31.1 Å². The van der Waals surface area contributed by atoms with Gasteiger partial charge in [-0.1, -0.05) is 44.4 Å². The van der Waals surface area contributed by atoms with E-state index in [-0.39, 0.29) is 5.54 Å². The molecule has 2 N–H and O–H groups in total. The third kappa shape index (κ3) is 4.54. The average molecular weight is 261 g/mol. The van der Waals surface area contributed by atoms with Gasteiger partial charge in [-0.2, -0.15) is 0 Å². The fraction of sp³-hybridized carbons (Fsp3) is 0.647. The van der Waals surface area contributed by atoms with Crippen LogP contribution in [0.3, 0.4) is 0 Å². The molecule has 0 spiro atoms. The van der Waals surface area contributed by atoms with Gasteiger partial charge in [0.1, 0.15) is 5.75 Å². The van der Waals surface area contributed by atoms with Gasteiger partial charge >= 0.3 is 0 Å². The second kappa shape index (κ2) is 6.95. The predicted molar refractivity (Wildman–Crippen MR) is 80.3 cm³/mol. The number of para-hydroxylation sites is 1. The molecule has 0 aromatic heterocycles. The minimum Gasteiger partial charge on any atom is -0.494 e. The quantitative estimate of drug-likeness (QED) is 0.781. The maximum atomic E-state index is 6.55. The van der Waals surface area contributed by atoms with E-state index in [9.17, 15) is 0 Å². The molecule has 1 aromatic carbocycles. The second-order valence-electron chi connectivity index (χ2n) is 6.00. The highest BCUT2D eigenvalue weighted by Crippen LogP contribution is 2.35. The van der Waals surface area contributed by atoms with Crippen molar-refractivity contribution in [3.8, 4) is 5.75 Å². The first kappa shape index (κ1) is 14.4. The van der Waals surface area contributed by atoms with E-state index in [1.165, 1.54) is 32.1 Å². The number of nitrogens with two attached hydrogens (primary N) is 1. The molecule has 1 fully saturated rings. The summed E-state index contributed by atoms with van der Waals surface area (Å²) in [5.74, 6) is 1.80. The topological polar surface area (TPSA) is 35.2 Å². The van der Waals surface area contributed by atoms with Crippen LogP contribution in [-0.4, -0.2) is 12.1 Å². The Morgan fingerprint density at radius 1 is 1.32 bits per heavy atom. The van der Waals surface area contributed by atoms with Crippen molar-refractivity contribution < 1.29 is 4.74 Å². The highest BCUT2D eigenvalue weighted by atomic mass is 16.5. The van der Waals surface area contributed by atoms with Crippen LogP contribution in [0.25, 0.3) is 0 Å². The number of hydrogen-bond donors (Lipinski definition) is 1. The lowest BCUT2D eigenvalue weighted by molar-refractivity contribution is 0.191. The predicted octanol–water partition coefficient (Wildman–Crippen LogP) is 4.14. The van der Waals surface area contributed by atoms with Crippen molar-refractivity contribution in [2.45, 2.75) is 57.4 Å².